The predicted molar refractivity (Wildman–Crippen MR) is 139 cm³/mol. The third kappa shape index (κ3) is 5.93. The van der Waals surface area contributed by atoms with E-state index in [1.165, 1.54) is 0 Å². The van der Waals surface area contributed by atoms with E-state index < -0.39 is 11.7 Å². The van der Waals surface area contributed by atoms with Gasteiger partial charge in [-0.15, -0.1) is 10.2 Å². The Labute approximate surface area is 221 Å². The van der Waals surface area contributed by atoms with E-state index in [9.17, 15) is 9.59 Å². The van der Waals surface area contributed by atoms with Crippen LogP contribution in [0.5, 0.6) is 0 Å². The maximum Gasteiger partial charge on any atom is 0.435 e. The molecule has 1 aromatic carbocycles. The molecule has 3 amide bonds. The summed E-state index contributed by atoms with van der Waals surface area (Å²) >= 11 is 1.60. The van der Waals surface area contributed by atoms with Crippen LogP contribution in [0.25, 0.3) is 0 Å². The first-order chi connectivity index (χ1) is 17.7. The van der Waals surface area contributed by atoms with E-state index in [4.69, 9.17) is 9.57 Å². The third-order valence-electron chi connectivity index (χ3n) is 6.83. The molecular weight excluding hydrogens is 492 g/mol. The number of aromatic nitrogens is 2. The number of carbonyl (C=O) groups is 2. The summed E-state index contributed by atoms with van der Waals surface area (Å²) in [7, 11) is 0. The summed E-state index contributed by atoms with van der Waals surface area (Å²) < 4.78 is 5.24. The molecule has 2 saturated heterocycles. The smallest absolute Gasteiger partial charge is 0.435 e. The van der Waals surface area contributed by atoms with Gasteiger partial charge in [0.15, 0.2) is 0 Å². The van der Waals surface area contributed by atoms with Crippen molar-refractivity contribution < 1.29 is 19.2 Å². The number of fused-ring (bicyclic) bond motifs is 2. The Morgan fingerprint density at radius 2 is 1.89 bits per heavy atom. The molecule has 3 aliphatic rings. The van der Waals surface area contributed by atoms with Crippen molar-refractivity contribution in [3.05, 3.63) is 45.9 Å². The van der Waals surface area contributed by atoms with Gasteiger partial charge in [-0.2, -0.15) is 10.1 Å². The lowest BCUT2D eigenvalue weighted by molar-refractivity contribution is -0.140. The minimum absolute atomic E-state index is 0.0578. The summed E-state index contributed by atoms with van der Waals surface area (Å²) in [6.07, 6.45) is 2.93. The van der Waals surface area contributed by atoms with Gasteiger partial charge in [0.2, 0.25) is 0 Å². The fraction of sp³-hybridized carbons (Fsp3) is 0.577. The van der Waals surface area contributed by atoms with Gasteiger partial charge in [-0.05, 0) is 58.9 Å². The molecule has 37 heavy (non-hydrogen) atoms. The molecule has 2 aromatic rings. The first kappa shape index (κ1) is 25.6. The number of rotatable bonds is 6. The van der Waals surface area contributed by atoms with Gasteiger partial charge in [0.25, 0.3) is 0 Å². The molecule has 3 heterocycles. The van der Waals surface area contributed by atoms with Gasteiger partial charge >= 0.3 is 12.1 Å². The number of nitrogens with one attached hydrogen (secondary N) is 1. The molecule has 1 N–H and O–H groups in total. The lowest BCUT2D eigenvalue weighted by Crippen LogP contribution is -2.42. The number of amides is 3. The van der Waals surface area contributed by atoms with E-state index in [0.29, 0.717) is 24.9 Å². The number of urea groups is 1. The van der Waals surface area contributed by atoms with Gasteiger partial charge in [0, 0.05) is 18.5 Å². The first-order valence-corrected chi connectivity index (χ1v) is 13.6. The molecule has 1 aliphatic carbocycles. The van der Waals surface area contributed by atoms with Crippen molar-refractivity contribution in [1.29, 1.82) is 0 Å². The topological polar surface area (TPSA) is 109 Å². The highest BCUT2D eigenvalue weighted by Crippen LogP contribution is 2.43. The zero-order valence-electron chi connectivity index (χ0n) is 21.7. The van der Waals surface area contributed by atoms with Crippen LogP contribution in [-0.2, 0) is 16.2 Å². The van der Waals surface area contributed by atoms with Crippen molar-refractivity contribution >= 4 is 29.3 Å². The molecule has 3 fully saturated rings. The van der Waals surface area contributed by atoms with E-state index in [0.717, 1.165) is 41.3 Å². The molecule has 0 unspecified atom stereocenters. The van der Waals surface area contributed by atoms with E-state index in [2.05, 4.69) is 20.5 Å². The van der Waals surface area contributed by atoms with Crippen LogP contribution in [0.1, 0.15) is 80.9 Å². The third-order valence-corrected chi connectivity index (χ3v) is 8.02. The van der Waals surface area contributed by atoms with Gasteiger partial charge in [-0.3, -0.25) is 4.84 Å². The number of hydroxylamine groups is 2. The van der Waals surface area contributed by atoms with Crippen molar-refractivity contribution in [1.82, 2.24) is 25.5 Å². The van der Waals surface area contributed by atoms with Gasteiger partial charge in [-0.1, -0.05) is 41.7 Å². The Bertz CT molecular complexity index is 1160. The van der Waals surface area contributed by atoms with E-state index in [-0.39, 0.29) is 24.2 Å². The lowest BCUT2D eigenvalue weighted by Gasteiger charge is -2.34. The van der Waals surface area contributed by atoms with Crippen LogP contribution >= 0.6 is 11.3 Å². The van der Waals surface area contributed by atoms with Crippen molar-refractivity contribution in [2.24, 2.45) is 4.99 Å². The number of hydrogen-bond donors (Lipinski definition) is 1. The summed E-state index contributed by atoms with van der Waals surface area (Å²) in [5.74, 6) is 0.869. The summed E-state index contributed by atoms with van der Waals surface area (Å²) in [5.41, 5.74) is 0.473. The van der Waals surface area contributed by atoms with E-state index >= 15 is 0 Å². The number of ether oxygens (including phenoxy) is 1. The second-order valence-electron chi connectivity index (χ2n) is 10.9. The van der Waals surface area contributed by atoms with Crippen LogP contribution in [0.15, 0.2) is 35.3 Å². The second kappa shape index (κ2) is 10.4. The first-order valence-electron chi connectivity index (χ1n) is 12.8. The molecule has 2 atom stereocenters. The van der Waals surface area contributed by atoms with Crippen LogP contribution in [0.2, 0.25) is 0 Å². The van der Waals surface area contributed by atoms with Gasteiger partial charge < -0.3 is 15.0 Å². The molecule has 1 saturated carbocycles. The molecule has 2 bridgehead atoms. The Hall–Kier alpha value is -3.05. The molecule has 2 aliphatic heterocycles. The number of piperidine rings is 1. The lowest BCUT2D eigenvalue weighted by atomic mass is 9.81. The highest BCUT2D eigenvalue weighted by atomic mass is 32.1. The number of hydrogen-bond acceptors (Lipinski definition) is 7. The Balaban J connectivity index is 1.13. The molecule has 10 nitrogen and oxygen atoms in total. The maximum absolute atomic E-state index is 13.1. The average Bonchev–Trinajstić information content (AvgIpc) is 3.38. The Morgan fingerprint density at radius 1 is 1.16 bits per heavy atom. The summed E-state index contributed by atoms with van der Waals surface area (Å²) in [4.78, 5) is 36.8. The summed E-state index contributed by atoms with van der Waals surface area (Å²) in [6.45, 7) is 8.25. The predicted octanol–water partition coefficient (Wildman–Crippen LogP) is 4.80. The fourth-order valence-corrected chi connectivity index (χ4v) is 6.12. The molecule has 198 valence electrons. The SMILES string of the molecule is C/C(=N/C(=O)OC(C)(C)C)N[C@H]1C[C@@H](c2nnc([C@@H]3CC[C@@H]4CN3C(=O)N4OCc3ccccc3)s2)C1. The van der Waals surface area contributed by atoms with Crippen molar-refractivity contribution in [3.63, 3.8) is 0 Å². The van der Waals surface area contributed by atoms with Crippen molar-refractivity contribution in [3.8, 4) is 0 Å². The Morgan fingerprint density at radius 3 is 2.62 bits per heavy atom. The fourth-order valence-electron chi connectivity index (χ4n) is 5.01. The molecule has 0 spiro atoms. The maximum atomic E-state index is 13.1. The highest BCUT2D eigenvalue weighted by Gasteiger charge is 2.47. The van der Waals surface area contributed by atoms with Crippen molar-refractivity contribution in [2.45, 2.75) is 89.6 Å². The van der Waals surface area contributed by atoms with Crippen LogP contribution in [0.4, 0.5) is 9.59 Å². The van der Waals surface area contributed by atoms with Crippen LogP contribution in [0.3, 0.4) is 0 Å². The normalized spacial score (nSPS) is 25.7. The standard InChI is InChI=1S/C26H34N6O4S/c1-16(28-24(33)36-26(2,3)4)27-19-12-18(13-19)22-29-30-23(37-22)21-11-10-20-14-31(21)25(34)32(20)35-15-17-8-6-5-7-9-17/h5-9,18-21H,10-15H2,1-4H3,(H,27,28,33)/t18-,19+,20-,21+/m1/s1. The zero-order chi connectivity index (χ0) is 26.2. The Kier molecular flexibility index (Phi) is 7.17. The zero-order valence-corrected chi connectivity index (χ0v) is 22.5. The van der Waals surface area contributed by atoms with Crippen molar-refractivity contribution in [2.75, 3.05) is 6.54 Å². The monoisotopic (exact) mass is 526 g/mol. The second-order valence-corrected chi connectivity index (χ2v) is 12.0. The molecular formula is C26H34N6O4S. The molecule has 0 radical (unpaired) electrons. The van der Waals surface area contributed by atoms with Crippen LogP contribution in [-0.4, -0.2) is 62.3 Å². The summed E-state index contributed by atoms with van der Waals surface area (Å²) in [5, 5.41) is 15.7. The number of nitrogens with zero attached hydrogens (tertiary/aromatic N) is 5. The van der Waals surface area contributed by atoms with Gasteiger partial charge in [0.1, 0.15) is 28.1 Å². The van der Waals surface area contributed by atoms with E-state index in [1.807, 2.05) is 56.0 Å². The number of carbonyl (C=O) groups excluding carboxylic acids is 2. The van der Waals surface area contributed by atoms with Crippen LogP contribution in [0, 0.1) is 0 Å². The molecule has 5 rings (SSSR count). The number of aliphatic imine (C=N–C) groups is 1. The van der Waals surface area contributed by atoms with Gasteiger partial charge in [0.05, 0.1) is 12.1 Å². The summed E-state index contributed by atoms with van der Waals surface area (Å²) in [6, 6.07) is 10.0. The quantitative estimate of drug-likeness (QED) is 0.425. The molecule has 1 aromatic heterocycles. The largest absolute Gasteiger partial charge is 0.442 e. The highest BCUT2D eigenvalue weighted by molar-refractivity contribution is 7.11. The number of benzene rings is 1. The van der Waals surface area contributed by atoms with Crippen LogP contribution < -0.4 is 5.32 Å². The van der Waals surface area contributed by atoms with E-state index in [1.54, 1.807) is 23.3 Å². The minimum atomic E-state index is -0.586. The minimum Gasteiger partial charge on any atom is -0.442 e. The molecule has 11 heteroatoms. The van der Waals surface area contributed by atoms with Gasteiger partial charge in [-0.25, -0.2) is 9.59 Å². The average molecular weight is 527 g/mol. The number of amidine groups is 1.